The van der Waals surface area contributed by atoms with E-state index in [1.165, 1.54) is 16.8 Å². The van der Waals surface area contributed by atoms with Crippen molar-refractivity contribution >= 4 is 17.8 Å². The Balaban J connectivity index is 0.000000436. The minimum absolute atomic E-state index is 0.246. The van der Waals surface area contributed by atoms with Gasteiger partial charge in [-0.25, -0.2) is 4.98 Å². The summed E-state index contributed by atoms with van der Waals surface area (Å²) in [5.74, 6) is -0.310. The van der Waals surface area contributed by atoms with Crippen LogP contribution in [-0.2, 0) is 23.2 Å². The number of nitrogens with zero attached hydrogens (tertiary/aromatic N) is 6. The molecule has 4 rings (SSSR count). The van der Waals surface area contributed by atoms with E-state index in [1.807, 2.05) is 24.9 Å². The van der Waals surface area contributed by atoms with Crippen LogP contribution in [0.5, 0.6) is 5.75 Å². The number of hydrogen-bond acceptors (Lipinski definition) is 8. The number of aryl methyl sites for hydroxylation is 2. The Morgan fingerprint density at radius 1 is 1.05 bits per heavy atom. The summed E-state index contributed by atoms with van der Waals surface area (Å²) >= 11 is 0. The van der Waals surface area contributed by atoms with Crippen LogP contribution in [0, 0.1) is 13.8 Å². The Morgan fingerprint density at radius 2 is 1.74 bits per heavy atom. The Bertz CT molecular complexity index is 1180. The number of anilines is 1. The van der Waals surface area contributed by atoms with E-state index in [0.717, 1.165) is 43.4 Å². The molecule has 0 radical (unpaired) electrons. The summed E-state index contributed by atoms with van der Waals surface area (Å²) in [6.07, 6.45) is 4.73. The Labute approximate surface area is 222 Å². The number of carbonyl (C=O) groups is 2. The second kappa shape index (κ2) is 13.5. The number of hydrogen-bond donors (Lipinski definition) is 2. The first-order valence-electron chi connectivity index (χ1n) is 12.6. The molecule has 3 heterocycles. The molecule has 2 N–H and O–H groups in total. The Kier molecular flexibility index (Phi) is 10.2. The van der Waals surface area contributed by atoms with E-state index in [1.54, 1.807) is 12.4 Å². The van der Waals surface area contributed by atoms with Crippen molar-refractivity contribution in [2.45, 2.75) is 46.2 Å². The maximum absolute atomic E-state index is 9.64. The molecule has 1 aromatic carbocycles. The molecule has 0 spiro atoms. The third-order valence-electron chi connectivity index (χ3n) is 6.51. The SMILES string of the molecule is CCOc1ccc(C2CN(c3cnccn3)CCN2Cc2c(C)nn(C)c2C)cc1.O=C(O)CCC(=O)O. The van der Waals surface area contributed by atoms with E-state index >= 15 is 0 Å². The molecule has 1 aliphatic heterocycles. The molecule has 1 atom stereocenters. The molecule has 0 aliphatic carbocycles. The van der Waals surface area contributed by atoms with E-state index in [2.05, 4.69) is 63.0 Å². The van der Waals surface area contributed by atoms with Crippen LogP contribution in [0.1, 0.15) is 48.3 Å². The number of carboxylic acid groups (broad SMARTS) is 2. The molecule has 11 heteroatoms. The van der Waals surface area contributed by atoms with Gasteiger partial charge in [-0.3, -0.25) is 24.2 Å². The van der Waals surface area contributed by atoms with Crippen molar-refractivity contribution in [3.05, 3.63) is 65.4 Å². The highest BCUT2D eigenvalue weighted by Crippen LogP contribution is 2.31. The summed E-state index contributed by atoms with van der Waals surface area (Å²) < 4.78 is 7.62. The minimum atomic E-state index is -1.08. The number of piperazine rings is 1. The monoisotopic (exact) mass is 524 g/mol. The van der Waals surface area contributed by atoms with Crippen molar-refractivity contribution in [1.29, 1.82) is 0 Å². The fourth-order valence-corrected chi connectivity index (χ4v) is 4.40. The van der Waals surface area contributed by atoms with Gasteiger partial charge in [0.1, 0.15) is 11.6 Å². The maximum Gasteiger partial charge on any atom is 0.303 e. The van der Waals surface area contributed by atoms with E-state index < -0.39 is 11.9 Å². The third-order valence-corrected chi connectivity index (χ3v) is 6.51. The first-order chi connectivity index (χ1) is 18.2. The summed E-state index contributed by atoms with van der Waals surface area (Å²) in [7, 11) is 2.02. The van der Waals surface area contributed by atoms with Gasteiger partial charge in [0.2, 0.25) is 0 Å². The average Bonchev–Trinajstić information content (AvgIpc) is 3.15. The van der Waals surface area contributed by atoms with Crippen LogP contribution in [0.4, 0.5) is 5.82 Å². The van der Waals surface area contributed by atoms with Crippen molar-refractivity contribution in [3.8, 4) is 5.75 Å². The lowest BCUT2D eigenvalue weighted by Crippen LogP contribution is -2.48. The fourth-order valence-electron chi connectivity index (χ4n) is 4.40. The third kappa shape index (κ3) is 7.75. The van der Waals surface area contributed by atoms with Crippen LogP contribution in [0.2, 0.25) is 0 Å². The zero-order valence-corrected chi connectivity index (χ0v) is 22.4. The molecule has 2 aromatic heterocycles. The van der Waals surface area contributed by atoms with Crippen LogP contribution in [0.25, 0.3) is 0 Å². The maximum atomic E-state index is 9.64. The molecule has 1 aliphatic rings. The van der Waals surface area contributed by atoms with Crippen molar-refractivity contribution in [3.63, 3.8) is 0 Å². The van der Waals surface area contributed by atoms with Gasteiger partial charge < -0.3 is 19.8 Å². The van der Waals surface area contributed by atoms with Gasteiger partial charge in [0.25, 0.3) is 0 Å². The van der Waals surface area contributed by atoms with Gasteiger partial charge in [-0.05, 0) is 38.5 Å². The van der Waals surface area contributed by atoms with Crippen LogP contribution in [-0.4, -0.2) is 73.0 Å². The Hall–Kier alpha value is -3.99. The molecule has 11 nitrogen and oxygen atoms in total. The topological polar surface area (TPSA) is 134 Å². The molecule has 0 amide bonds. The summed E-state index contributed by atoms with van der Waals surface area (Å²) in [5.41, 5.74) is 4.94. The zero-order chi connectivity index (χ0) is 27.7. The van der Waals surface area contributed by atoms with Crippen molar-refractivity contribution in [2.75, 3.05) is 31.1 Å². The van der Waals surface area contributed by atoms with Gasteiger partial charge in [-0.2, -0.15) is 5.10 Å². The smallest absolute Gasteiger partial charge is 0.303 e. The highest BCUT2D eigenvalue weighted by molar-refractivity contribution is 5.75. The van der Waals surface area contributed by atoms with Crippen LogP contribution in [0.15, 0.2) is 42.9 Å². The Morgan fingerprint density at radius 3 is 2.26 bits per heavy atom. The van der Waals surface area contributed by atoms with E-state index in [0.29, 0.717) is 6.61 Å². The summed E-state index contributed by atoms with van der Waals surface area (Å²) in [6, 6.07) is 8.75. The summed E-state index contributed by atoms with van der Waals surface area (Å²) in [5, 5.41) is 20.4. The van der Waals surface area contributed by atoms with Crippen molar-refractivity contribution in [2.24, 2.45) is 7.05 Å². The molecule has 3 aromatic rings. The van der Waals surface area contributed by atoms with E-state index in [9.17, 15) is 9.59 Å². The predicted octanol–water partition coefficient (Wildman–Crippen LogP) is 3.22. The predicted molar refractivity (Wildman–Crippen MR) is 142 cm³/mol. The molecule has 0 bridgehead atoms. The van der Waals surface area contributed by atoms with E-state index in [4.69, 9.17) is 14.9 Å². The molecule has 204 valence electrons. The molecular formula is C27H36N6O5. The minimum Gasteiger partial charge on any atom is -0.494 e. The fraction of sp³-hybridized carbons (Fsp3) is 0.444. The lowest BCUT2D eigenvalue weighted by Gasteiger charge is -2.42. The number of aliphatic carboxylic acids is 2. The largest absolute Gasteiger partial charge is 0.494 e. The number of carboxylic acids is 2. The number of benzene rings is 1. The highest BCUT2D eigenvalue weighted by Gasteiger charge is 2.30. The van der Waals surface area contributed by atoms with Crippen LogP contribution < -0.4 is 9.64 Å². The average molecular weight is 525 g/mol. The van der Waals surface area contributed by atoms with Gasteiger partial charge in [0.15, 0.2) is 0 Å². The van der Waals surface area contributed by atoms with Crippen LogP contribution in [0.3, 0.4) is 0 Å². The van der Waals surface area contributed by atoms with Gasteiger partial charge in [-0.15, -0.1) is 0 Å². The van der Waals surface area contributed by atoms with Gasteiger partial charge in [0, 0.05) is 56.9 Å². The van der Waals surface area contributed by atoms with E-state index in [-0.39, 0.29) is 18.9 Å². The second-order valence-electron chi connectivity index (χ2n) is 9.06. The van der Waals surface area contributed by atoms with Crippen LogP contribution >= 0.6 is 0 Å². The zero-order valence-electron chi connectivity index (χ0n) is 22.4. The quantitative estimate of drug-likeness (QED) is 0.430. The standard InChI is InChI=1S/C23H30N6O.C4H6O4/c1-5-30-20-8-6-19(7-9-20)22-16-29(23-14-24-10-11-25-23)13-12-28(22)15-21-17(2)26-27(4)18(21)3;5-3(6)1-2-4(7)8/h6-11,14,22H,5,12-13,15-16H2,1-4H3;1-2H2,(H,5,6)(H,7,8). The molecule has 1 unspecified atom stereocenters. The number of ether oxygens (including phenoxy) is 1. The highest BCUT2D eigenvalue weighted by atomic mass is 16.5. The number of aromatic nitrogens is 4. The van der Waals surface area contributed by atoms with Gasteiger partial charge in [-0.1, -0.05) is 12.1 Å². The number of rotatable bonds is 9. The molecule has 0 saturated carbocycles. The van der Waals surface area contributed by atoms with Crippen molar-refractivity contribution < 1.29 is 24.5 Å². The van der Waals surface area contributed by atoms with Crippen molar-refractivity contribution in [1.82, 2.24) is 24.6 Å². The molecule has 1 saturated heterocycles. The molecule has 1 fully saturated rings. The lowest BCUT2D eigenvalue weighted by molar-refractivity contribution is -0.143. The molecule has 38 heavy (non-hydrogen) atoms. The lowest BCUT2D eigenvalue weighted by atomic mass is 10.0. The summed E-state index contributed by atoms with van der Waals surface area (Å²) in [4.78, 5) is 32.9. The first-order valence-corrected chi connectivity index (χ1v) is 12.6. The second-order valence-corrected chi connectivity index (χ2v) is 9.06. The molecular weight excluding hydrogens is 488 g/mol. The summed E-state index contributed by atoms with van der Waals surface area (Å²) in [6.45, 7) is 10.6. The van der Waals surface area contributed by atoms with Gasteiger partial charge in [0.05, 0.1) is 37.4 Å². The van der Waals surface area contributed by atoms with Gasteiger partial charge >= 0.3 is 11.9 Å². The first kappa shape index (κ1) is 28.6. The normalized spacial score (nSPS) is 15.5.